The zero-order valence-electron chi connectivity index (χ0n) is 12.3. The van der Waals surface area contributed by atoms with Crippen molar-refractivity contribution in [1.82, 2.24) is 4.98 Å². The third-order valence-corrected chi connectivity index (χ3v) is 4.83. The summed E-state index contributed by atoms with van der Waals surface area (Å²) in [7, 11) is 0. The molecule has 0 saturated heterocycles. The minimum atomic E-state index is -0.333. The van der Waals surface area contributed by atoms with Crippen molar-refractivity contribution in [1.29, 1.82) is 5.26 Å². The Hall–Kier alpha value is -2.09. The summed E-state index contributed by atoms with van der Waals surface area (Å²) in [5, 5.41) is 12.1. The van der Waals surface area contributed by atoms with Gasteiger partial charge in [-0.25, -0.2) is 9.37 Å². The number of fused-ring (bicyclic) bond motifs is 1. The molecule has 0 bridgehead atoms. The van der Waals surface area contributed by atoms with Crippen molar-refractivity contribution in [3.05, 3.63) is 70.1 Å². The summed E-state index contributed by atoms with van der Waals surface area (Å²) in [4.78, 5) is 4.49. The number of aryl methyl sites for hydroxylation is 1. The average Bonchev–Trinajstić information content (AvgIpc) is 2.54. The Morgan fingerprint density at radius 3 is 2.61 bits per heavy atom. The quantitative estimate of drug-likeness (QED) is 0.590. The summed E-state index contributed by atoms with van der Waals surface area (Å²) in [5.41, 5.74) is 2.26. The molecule has 0 N–H and O–H groups in total. The number of aromatic nitrogens is 1. The first kappa shape index (κ1) is 15.8. The highest BCUT2D eigenvalue weighted by molar-refractivity contribution is 7.98. The molecular formula is C18H12ClFN2S. The molecule has 5 heteroatoms. The van der Waals surface area contributed by atoms with E-state index in [4.69, 9.17) is 11.6 Å². The zero-order chi connectivity index (χ0) is 16.4. The van der Waals surface area contributed by atoms with Crippen molar-refractivity contribution in [2.45, 2.75) is 17.7 Å². The van der Waals surface area contributed by atoms with Gasteiger partial charge in [0.25, 0.3) is 0 Å². The lowest BCUT2D eigenvalue weighted by Gasteiger charge is -2.10. The number of rotatable bonds is 3. The molecule has 1 aromatic heterocycles. The van der Waals surface area contributed by atoms with Gasteiger partial charge in [0, 0.05) is 21.5 Å². The molecular weight excluding hydrogens is 331 g/mol. The molecule has 23 heavy (non-hydrogen) atoms. The molecule has 0 radical (unpaired) electrons. The molecule has 0 aliphatic carbocycles. The highest BCUT2D eigenvalue weighted by Crippen LogP contribution is 2.32. The lowest BCUT2D eigenvalue weighted by atomic mass is 10.1. The molecule has 0 unspecified atom stereocenters. The van der Waals surface area contributed by atoms with Gasteiger partial charge in [0.1, 0.15) is 16.9 Å². The summed E-state index contributed by atoms with van der Waals surface area (Å²) in [6, 6.07) is 14.2. The Morgan fingerprint density at radius 2 is 1.91 bits per heavy atom. The molecule has 114 valence electrons. The van der Waals surface area contributed by atoms with Gasteiger partial charge in [0.15, 0.2) is 0 Å². The number of thioether (sulfide) groups is 1. The van der Waals surface area contributed by atoms with E-state index in [9.17, 15) is 9.65 Å². The van der Waals surface area contributed by atoms with Gasteiger partial charge < -0.3 is 0 Å². The van der Waals surface area contributed by atoms with Crippen LogP contribution in [0.5, 0.6) is 0 Å². The average molecular weight is 343 g/mol. The van der Waals surface area contributed by atoms with E-state index in [-0.39, 0.29) is 5.82 Å². The fraction of sp³-hybridized carbons (Fsp3) is 0.111. The summed E-state index contributed by atoms with van der Waals surface area (Å²) in [6.07, 6.45) is 0. The molecule has 1 heterocycles. The van der Waals surface area contributed by atoms with E-state index in [2.05, 4.69) is 11.1 Å². The van der Waals surface area contributed by atoms with Gasteiger partial charge in [0.05, 0.1) is 11.3 Å². The first-order valence-corrected chi connectivity index (χ1v) is 8.32. The first-order valence-electron chi connectivity index (χ1n) is 6.95. The van der Waals surface area contributed by atoms with Crippen molar-refractivity contribution < 1.29 is 4.39 Å². The Kier molecular flexibility index (Phi) is 4.51. The van der Waals surface area contributed by atoms with E-state index in [0.717, 1.165) is 16.0 Å². The Labute approximate surface area is 142 Å². The minimum Gasteiger partial charge on any atom is -0.245 e. The van der Waals surface area contributed by atoms with E-state index >= 15 is 0 Å². The molecule has 3 rings (SSSR count). The molecule has 0 saturated carbocycles. The molecule has 0 fully saturated rings. The minimum absolute atomic E-state index is 0.333. The van der Waals surface area contributed by atoms with Gasteiger partial charge in [-0.05, 0) is 42.8 Å². The molecule has 0 atom stereocenters. The van der Waals surface area contributed by atoms with Crippen LogP contribution in [0.3, 0.4) is 0 Å². The Balaban J connectivity index is 2.01. The Morgan fingerprint density at radius 1 is 1.17 bits per heavy atom. The van der Waals surface area contributed by atoms with E-state index < -0.39 is 0 Å². The predicted molar refractivity (Wildman–Crippen MR) is 92.2 cm³/mol. The molecule has 0 aliphatic rings. The fourth-order valence-corrected chi connectivity index (χ4v) is 3.51. The smallest absolute Gasteiger partial charge is 0.123 e. The summed E-state index contributed by atoms with van der Waals surface area (Å²) >= 11 is 7.41. The molecule has 2 nitrogen and oxygen atoms in total. The van der Waals surface area contributed by atoms with Crippen LogP contribution in [-0.2, 0) is 5.75 Å². The van der Waals surface area contributed by atoms with Crippen molar-refractivity contribution in [3.8, 4) is 6.07 Å². The zero-order valence-corrected chi connectivity index (χ0v) is 13.9. The summed E-state index contributed by atoms with van der Waals surface area (Å²) in [5.74, 6) is 0.363. The lowest BCUT2D eigenvalue weighted by Crippen LogP contribution is -1.95. The number of hydrogen-bond acceptors (Lipinski definition) is 3. The van der Waals surface area contributed by atoms with Crippen LogP contribution in [0.2, 0.25) is 5.02 Å². The van der Waals surface area contributed by atoms with E-state index in [1.54, 1.807) is 13.0 Å². The highest BCUT2D eigenvalue weighted by atomic mass is 35.5. The number of halogens is 2. The van der Waals surface area contributed by atoms with Gasteiger partial charge in [0.2, 0.25) is 0 Å². The molecule has 0 spiro atoms. The number of nitrogens with zero attached hydrogens (tertiary/aromatic N) is 2. The maximum absolute atomic E-state index is 13.6. The normalized spacial score (nSPS) is 10.7. The van der Waals surface area contributed by atoms with Crippen LogP contribution < -0.4 is 0 Å². The van der Waals surface area contributed by atoms with Gasteiger partial charge in [-0.2, -0.15) is 5.26 Å². The summed E-state index contributed by atoms with van der Waals surface area (Å²) in [6.45, 7) is 1.80. The number of nitriles is 1. The molecule has 3 aromatic rings. The molecule has 0 aliphatic heterocycles. The van der Waals surface area contributed by atoms with E-state index in [1.807, 2.05) is 24.3 Å². The second kappa shape index (κ2) is 6.57. The van der Waals surface area contributed by atoms with Crippen molar-refractivity contribution >= 4 is 34.1 Å². The highest BCUT2D eigenvalue weighted by Gasteiger charge is 2.12. The molecule has 0 amide bonds. The fourth-order valence-electron chi connectivity index (χ4n) is 2.36. The van der Waals surface area contributed by atoms with Crippen LogP contribution in [0.1, 0.15) is 16.8 Å². The van der Waals surface area contributed by atoms with Crippen molar-refractivity contribution in [2.24, 2.45) is 0 Å². The van der Waals surface area contributed by atoms with Gasteiger partial charge in [-0.3, -0.25) is 0 Å². The third kappa shape index (κ3) is 3.31. The van der Waals surface area contributed by atoms with Crippen LogP contribution >= 0.6 is 23.4 Å². The second-order valence-electron chi connectivity index (χ2n) is 5.09. The first-order chi connectivity index (χ1) is 11.1. The standard InChI is InChI=1S/C18H12ClFN2S/c1-11-17(9-21)15-7-6-14(20)8-16(15)18(22-11)23-10-12-2-4-13(19)5-3-12/h2-8H,10H2,1H3. The largest absolute Gasteiger partial charge is 0.245 e. The van der Waals surface area contributed by atoms with Crippen LogP contribution in [0.25, 0.3) is 10.8 Å². The van der Waals surface area contributed by atoms with Crippen LogP contribution in [0.4, 0.5) is 4.39 Å². The topological polar surface area (TPSA) is 36.7 Å². The number of pyridine rings is 1. The van der Waals surface area contributed by atoms with Crippen LogP contribution in [0.15, 0.2) is 47.5 Å². The monoisotopic (exact) mass is 342 g/mol. The predicted octanol–water partition coefficient (Wildman–Crippen LogP) is 5.50. The van der Waals surface area contributed by atoms with Crippen molar-refractivity contribution in [3.63, 3.8) is 0 Å². The number of benzene rings is 2. The van der Waals surface area contributed by atoms with Crippen LogP contribution in [0, 0.1) is 24.1 Å². The maximum atomic E-state index is 13.6. The maximum Gasteiger partial charge on any atom is 0.123 e. The second-order valence-corrected chi connectivity index (χ2v) is 6.49. The van der Waals surface area contributed by atoms with Crippen molar-refractivity contribution in [2.75, 3.05) is 0 Å². The lowest BCUT2D eigenvalue weighted by molar-refractivity contribution is 0.629. The Bertz CT molecular complexity index is 917. The summed E-state index contributed by atoms with van der Waals surface area (Å²) < 4.78 is 13.6. The van der Waals surface area contributed by atoms with Gasteiger partial charge in [-0.1, -0.05) is 23.7 Å². The van der Waals surface area contributed by atoms with E-state index in [0.29, 0.717) is 27.4 Å². The van der Waals surface area contributed by atoms with E-state index in [1.165, 1.54) is 23.9 Å². The number of hydrogen-bond donors (Lipinski definition) is 0. The SMILES string of the molecule is Cc1nc(SCc2ccc(Cl)cc2)c2cc(F)ccc2c1C#N. The third-order valence-electron chi connectivity index (χ3n) is 3.51. The van der Waals surface area contributed by atoms with Gasteiger partial charge >= 0.3 is 0 Å². The van der Waals surface area contributed by atoms with Crippen LogP contribution in [-0.4, -0.2) is 4.98 Å². The molecule has 2 aromatic carbocycles. The van der Waals surface area contributed by atoms with Gasteiger partial charge in [-0.15, -0.1) is 11.8 Å².